The topological polar surface area (TPSA) is 27.1 Å². The molecule has 0 aliphatic heterocycles. The molecule has 0 fully saturated rings. The van der Waals surface area contributed by atoms with E-state index < -0.39 is 5.82 Å². The van der Waals surface area contributed by atoms with Crippen molar-refractivity contribution in [3.05, 3.63) is 71.8 Å². The van der Waals surface area contributed by atoms with Crippen LogP contribution in [0.15, 0.2) is 60.8 Å². The second-order valence-electron chi connectivity index (χ2n) is 4.08. The van der Waals surface area contributed by atoms with E-state index in [9.17, 15) is 4.39 Å². The van der Waals surface area contributed by atoms with Gasteiger partial charge in [-0.15, -0.1) is 0 Å². The lowest BCUT2D eigenvalue weighted by molar-refractivity contribution is 0.482. The highest BCUT2D eigenvalue weighted by atomic mass is 35.5. The first-order chi connectivity index (χ1) is 9.75. The highest BCUT2D eigenvalue weighted by Crippen LogP contribution is 2.31. The van der Waals surface area contributed by atoms with Gasteiger partial charge < -0.3 is 4.74 Å². The molecule has 0 saturated heterocycles. The Morgan fingerprint density at radius 3 is 2.45 bits per heavy atom. The molecule has 0 N–H and O–H groups in total. The maximum absolute atomic E-state index is 13.7. The molecule has 20 heavy (non-hydrogen) atoms. The molecule has 100 valence electrons. The molecule has 0 spiro atoms. The minimum Gasteiger partial charge on any atom is -0.452 e. The molecule has 0 saturated carbocycles. The summed E-state index contributed by atoms with van der Waals surface area (Å²) >= 11 is 6.19. The number of rotatable bonds is 3. The van der Waals surface area contributed by atoms with Crippen LogP contribution in [0.1, 0.15) is 0 Å². The molecule has 3 rings (SSSR count). The maximum Gasteiger partial charge on any atom is 0.184 e. The average molecular weight is 289 g/mol. The van der Waals surface area contributed by atoms with Crippen LogP contribution in [0.5, 0.6) is 11.5 Å². The Balaban J connectivity index is 1.95. The van der Waals surface area contributed by atoms with Crippen molar-refractivity contribution in [2.75, 3.05) is 0 Å². The molecule has 0 aliphatic carbocycles. The van der Waals surface area contributed by atoms with Crippen molar-refractivity contribution in [1.29, 1.82) is 0 Å². The Morgan fingerprint density at radius 2 is 1.70 bits per heavy atom. The zero-order chi connectivity index (χ0) is 13.9. The molecule has 0 bridgehead atoms. The first-order valence-electron chi connectivity index (χ1n) is 5.97. The summed E-state index contributed by atoms with van der Waals surface area (Å²) in [5.41, 5.74) is 0.278. The summed E-state index contributed by atoms with van der Waals surface area (Å²) < 4.78 is 20.6. The number of hydrogen-bond donors (Lipinski definition) is 0. The molecule has 0 aliphatic rings. The van der Waals surface area contributed by atoms with Crippen LogP contribution in [0.3, 0.4) is 0 Å². The SMILES string of the molecule is Fc1ccccc1-n1ncc(Oc2ccccc2)c1Cl. The molecule has 0 atom stereocenters. The number of benzene rings is 2. The van der Waals surface area contributed by atoms with Crippen molar-refractivity contribution in [1.82, 2.24) is 9.78 Å². The smallest absolute Gasteiger partial charge is 0.184 e. The molecule has 0 radical (unpaired) electrons. The highest BCUT2D eigenvalue weighted by Gasteiger charge is 2.14. The summed E-state index contributed by atoms with van der Waals surface area (Å²) in [5.74, 6) is 0.618. The molecule has 1 aromatic heterocycles. The van der Waals surface area contributed by atoms with Gasteiger partial charge in [-0.1, -0.05) is 41.9 Å². The van der Waals surface area contributed by atoms with E-state index in [4.69, 9.17) is 16.3 Å². The molecule has 2 aromatic carbocycles. The minimum absolute atomic E-state index is 0.221. The predicted octanol–water partition coefficient (Wildman–Crippen LogP) is 4.46. The van der Waals surface area contributed by atoms with Crippen LogP contribution in [0.25, 0.3) is 5.69 Å². The fourth-order valence-corrected chi connectivity index (χ4v) is 2.02. The summed E-state index contributed by atoms with van der Waals surface area (Å²) in [4.78, 5) is 0. The van der Waals surface area contributed by atoms with Gasteiger partial charge in [0.2, 0.25) is 0 Å². The second kappa shape index (κ2) is 5.35. The largest absolute Gasteiger partial charge is 0.452 e. The molecule has 3 nitrogen and oxygen atoms in total. The van der Waals surface area contributed by atoms with Crippen LogP contribution < -0.4 is 4.74 Å². The van der Waals surface area contributed by atoms with Gasteiger partial charge in [0.1, 0.15) is 17.3 Å². The van der Waals surface area contributed by atoms with Crippen molar-refractivity contribution in [3.8, 4) is 17.2 Å². The van der Waals surface area contributed by atoms with E-state index in [0.29, 0.717) is 11.5 Å². The van der Waals surface area contributed by atoms with Gasteiger partial charge in [0.15, 0.2) is 10.9 Å². The van der Waals surface area contributed by atoms with E-state index in [0.717, 1.165) is 0 Å². The van der Waals surface area contributed by atoms with Crippen LogP contribution in [-0.2, 0) is 0 Å². The van der Waals surface area contributed by atoms with Crippen molar-refractivity contribution in [3.63, 3.8) is 0 Å². The van der Waals surface area contributed by atoms with Crippen LogP contribution in [0.4, 0.5) is 4.39 Å². The summed E-state index contributed by atoms with van der Waals surface area (Å²) in [6, 6.07) is 15.5. The maximum atomic E-state index is 13.7. The number of para-hydroxylation sites is 2. The monoisotopic (exact) mass is 288 g/mol. The summed E-state index contributed by atoms with van der Waals surface area (Å²) in [7, 11) is 0. The van der Waals surface area contributed by atoms with Crippen molar-refractivity contribution in [2.45, 2.75) is 0 Å². The van der Waals surface area contributed by atoms with Crippen molar-refractivity contribution < 1.29 is 9.13 Å². The summed E-state index contributed by atoms with van der Waals surface area (Å²) in [5, 5.41) is 4.28. The van der Waals surface area contributed by atoms with Gasteiger partial charge in [0, 0.05) is 0 Å². The zero-order valence-corrected chi connectivity index (χ0v) is 11.1. The van der Waals surface area contributed by atoms with E-state index in [-0.39, 0.29) is 10.8 Å². The molecular formula is C15H10ClFN2O. The van der Waals surface area contributed by atoms with E-state index >= 15 is 0 Å². The summed E-state index contributed by atoms with van der Waals surface area (Å²) in [6.07, 6.45) is 1.46. The summed E-state index contributed by atoms with van der Waals surface area (Å²) in [6.45, 7) is 0. The number of ether oxygens (including phenoxy) is 1. The van der Waals surface area contributed by atoms with Gasteiger partial charge in [-0.2, -0.15) is 5.10 Å². The third kappa shape index (κ3) is 2.38. The standard InChI is InChI=1S/C15H10ClFN2O/c16-15-14(20-11-6-2-1-3-7-11)10-18-19(15)13-9-5-4-8-12(13)17/h1-10H. The fraction of sp³-hybridized carbons (Fsp3) is 0. The normalized spacial score (nSPS) is 10.5. The van der Waals surface area contributed by atoms with Gasteiger partial charge >= 0.3 is 0 Å². The highest BCUT2D eigenvalue weighted by molar-refractivity contribution is 6.31. The number of aromatic nitrogens is 2. The lowest BCUT2D eigenvalue weighted by atomic mass is 10.3. The molecular weight excluding hydrogens is 279 g/mol. The van der Waals surface area contributed by atoms with Crippen molar-refractivity contribution >= 4 is 11.6 Å². The van der Waals surface area contributed by atoms with Crippen LogP contribution in [0.2, 0.25) is 5.15 Å². The first kappa shape index (κ1) is 12.7. The van der Waals surface area contributed by atoms with Gasteiger partial charge in [-0.05, 0) is 24.3 Å². The van der Waals surface area contributed by atoms with Gasteiger partial charge in [0.25, 0.3) is 0 Å². The quantitative estimate of drug-likeness (QED) is 0.711. The van der Waals surface area contributed by atoms with Gasteiger partial charge in [-0.3, -0.25) is 0 Å². The third-order valence-electron chi connectivity index (χ3n) is 2.73. The molecule has 0 unspecified atom stereocenters. The Labute approximate surface area is 120 Å². The minimum atomic E-state index is -0.399. The van der Waals surface area contributed by atoms with Crippen LogP contribution in [-0.4, -0.2) is 9.78 Å². The molecule has 0 amide bonds. The van der Waals surface area contributed by atoms with Crippen LogP contribution in [0, 0.1) is 5.82 Å². The number of nitrogens with zero attached hydrogens (tertiary/aromatic N) is 2. The predicted molar refractivity (Wildman–Crippen MR) is 75.0 cm³/mol. The van der Waals surface area contributed by atoms with E-state index in [1.165, 1.54) is 16.9 Å². The van der Waals surface area contributed by atoms with E-state index in [1.54, 1.807) is 30.3 Å². The lowest BCUT2D eigenvalue weighted by Crippen LogP contribution is -1.99. The third-order valence-corrected chi connectivity index (χ3v) is 3.08. The van der Waals surface area contributed by atoms with E-state index in [1.807, 2.05) is 18.2 Å². The molecule has 1 heterocycles. The van der Waals surface area contributed by atoms with Gasteiger partial charge in [0.05, 0.1) is 6.20 Å². The molecule has 5 heteroatoms. The Hall–Kier alpha value is -2.33. The van der Waals surface area contributed by atoms with Gasteiger partial charge in [-0.25, -0.2) is 9.07 Å². The average Bonchev–Trinajstić information content (AvgIpc) is 2.82. The Bertz CT molecular complexity index is 728. The Morgan fingerprint density at radius 1 is 1.00 bits per heavy atom. The Kier molecular flexibility index (Phi) is 3.39. The zero-order valence-electron chi connectivity index (χ0n) is 10.3. The first-order valence-corrected chi connectivity index (χ1v) is 6.35. The number of hydrogen-bond acceptors (Lipinski definition) is 2. The second-order valence-corrected chi connectivity index (χ2v) is 4.44. The molecule has 3 aromatic rings. The fourth-order valence-electron chi connectivity index (χ4n) is 1.79. The van der Waals surface area contributed by atoms with E-state index in [2.05, 4.69) is 5.10 Å². The van der Waals surface area contributed by atoms with Crippen molar-refractivity contribution in [2.24, 2.45) is 0 Å². The number of halogens is 2. The van der Waals surface area contributed by atoms with Crippen LogP contribution >= 0.6 is 11.6 Å². The lowest BCUT2D eigenvalue weighted by Gasteiger charge is -2.06.